The summed E-state index contributed by atoms with van der Waals surface area (Å²) in [4.78, 5) is 11.8. The van der Waals surface area contributed by atoms with Crippen LogP contribution in [0.3, 0.4) is 0 Å². The lowest BCUT2D eigenvalue weighted by Gasteiger charge is -2.37. The second kappa shape index (κ2) is 9.85. The van der Waals surface area contributed by atoms with Crippen LogP contribution in [0.4, 0.5) is 0 Å². The molecule has 2 fully saturated rings. The van der Waals surface area contributed by atoms with Crippen molar-refractivity contribution in [3.8, 4) is 5.75 Å². The van der Waals surface area contributed by atoms with Crippen molar-refractivity contribution in [2.24, 2.45) is 16.7 Å². The first-order valence-electron chi connectivity index (χ1n) is 11.8. The minimum Gasteiger partial charge on any atom is -0.748 e. The molecule has 0 aliphatic heterocycles. The number of hydrogen-bond donors (Lipinski definition) is 1. The van der Waals surface area contributed by atoms with E-state index in [1.807, 2.05) is 38.1 Å². The molecule has 0 aromatic heterocycles. The second-order valence-corrected chi connectivity index (χ2v) is 13.9. The Morgan fingerprint density at radius 1 is 0.886 bits per heavy atom. The summed E-state index contributed by atoms with van der Waals surface area (Å²) >= 11 is 0. The molecule has 184 valence electrons. The Labute approximate surface area is 208 Å². The van der Waals surface area contributed by atoms with Crippen molar-refractivity contribution in [1.82, 2.24) is 0 Å². The molecule has 2 atom stereocenters. The Hall–Kier alpha value is -2.53. The number of fused-ring (bicyclic) bond motifs is 2. The zero-order chi connectivity index (χ0) is 25.3. The van der Waals surface area contributed by atoms with E-state index in [9.17, 15) is 22.9 Å². The van der Waals surface area contributed by atoms with E-state index in [1.165, 1.54) is 15.9 Å². The number of carbonyl (C=O) groups excluding carboxylic acids is 1. The lowest BCUT2D eigenvalue weighted by Crippen LogP contribution is -2.42. The molecule has 2 aliphatic rings. The van der Waals surface area contributed by atoms with Gasteiger partial charge < -0.3 is 9.66 Å². The SMILES string of the molecule is CC1(C)C2CCC1(CS(=O)(=O)[O-])C(=O)C2.Oc1ccc([PH+](c2ccccc2)c2ccccc2)cc1. The quantitative estimate of drug-likeness (QED) is 0.416. The third kappa shape index (κ3) is 5.20. The van der Waals surface area contributed by atoms with Gasteiger partial charge in [-0.3, -0.25) is 4.79 Å². The highest BCUT2D eigenvalue weighted by atomic mass is 32.2. The summed E-state index contributed by atoms with van der Waals surface area (Å²) in [5.74, 6) is 0.0358. The summed E-state index contributed by atoms with van der Waals surface area (Å²) in [6.45, 7) is 3.83. The highest BCUT2D eigenvalue weighted by Gasteiger charge is 2.64. The molecule has 3 aromatic carbocycles. The van der Waals surface area contributed by atoms with Crippen molar-refractivity contribution in [3.05, 3.63) is 84.9 Å². The number of ketones is 1. The zero-order valence-corrected chi connectivity index (χ0v) is 21.8. The summed E-state index contributed by atoms with van der Waals surface area (Å²) in [5, 5.41) is 13.5. The van der Waals surface area contributed by atoms with Gasteiger partial charge in [0.25, 0.3) is 0 Å². The van der Waals surface area contributed by atoms with Crippen LogP contribution in [0.2, 0.25) is 0 Å². The fourth-order valence-electron chi connectivity index (χ4n) is 5.75. The first kappa shape index (κ1) is 25.6. The number of aromatic hydroxyl groups is 1. The van der Waals surface area contributed by atoms with Crippen LogP contribution in [-0.4, -0.2) is 29.6 Å². The fourth-order valence-corrected chi connectivity index (χ4v) is 9.58. The van der Waals surface area contributed by atoms with Gasteiger partial charge in [-0.05, 0) is 72.7 Å². The molecular weight excluding hydrogens is 479 g/mol. The van der Waals surface area contributed by atoms with Crippen molar-refractivity contribution in [1.29, 1.82) is 0 Å². The molecule has 5 rings (SSSR count). The van der Waals surface area contributed by atoms with Gasteiger partial charge in [0, 0.05) is 11.8 Å². The van der Waals surface area contributed by atoms with Crippen LogP contribution in [0.25, 0.3) is 0 Å². The van der Waals surface area contributed by atoms with Gasteiger partial charge >= 0.3 is 0 Å². The van der Waals surface area contributed by atoms with Crippen LogP contribution in [0.15, 0.2) is 84.9 Å². The minimum absolute atomic E-state index is 0.0248. The lowest BCUT2D eigenvalue weighted by atomic mass is 9.70. The molecule has 0 radical (unpaired) electrons. The van der Waals surface area contributed by atoms with Crippen molar-refractivity contribution < 1.29 is 22.9 Å². The monoisotopic (exact) mass is 510 g/mol. The Bertz CT molecular complexity index is 1230. The van der Waals surface area contributed by atoms with Crippen LogP contribution in [0.5, 0.6) is 5.75 Å². The lowest BCUT2D eigenvalue weighted by molar-refractivity contribution is -0.128. The van der Waals surface area contributed by atoms with Crippen molar-refractivity contribution >= 4 is 39.7 Å². The maximum Gasteiger partial charge on any atom is 0.140 e. The molecule has 2 saturated carbocycles. The van der Waals surface area contributed by atoms with Crippen molar-refractivity contribution in [2.75, 3.05) is 5.75 Å². The van der Waals surface area contributed by atoms with E-state index in [1.54, 1.807) is 12.1 Å². The molecule has 35 heavy (non-hydrogen) atoms. The number of phenolic OH excluding ortho intramolecular Hbond substituents is 1. The number of benzene rings is 3. The molecule has 5 nitrogen and oxygen atoms in total. The number of hydrogen-bond acceptors (Lipinski definition) is 5. The molecule has 0 saturated heterocycles. The molecule has 0 amide bonds. The first-order valence-corrected chi connectivity index (χ1v) is 14.9. The number of phenols is 1. The third-order valence-electron chi connectivity index (χ3n) is 7.84. The Balaban J connectivity index is 0.000000172. The summed E-state index contributed by atoms with van der Waals surface area (Å²) in [7, 11) is -5.33. The van der Waals surface area contributed by atoms with Crippen molar-refractivity contribution in [2.45, 2.75) is 33.1 Å². The number of Topliss-reactive ketones (excluding diaryl/α,β-unsaturated/α-hetero) is 1. The predicted octanol–water partition coefficient (Wildman–Crippen LogP) is 3.81. The summed E-state index contributed by atoms with van der Waals surface area (Å²) in [5.41, 5.74) is -1.22. The normalized spacial score (nSPS) is 22.6. The smallest absolute Gasteiger partial charge is 0.140 e. The van der Waals surface area contributed by atoms with Gasteiger partial charge in [-0.2, -0.15) is 0 Å². The summed E-state index contributed by atoms with van der Waals surface area (Å²) in [6, 6.07) is 28.8. The van der Waals surface area contributed by atoms with Gasteiger partial charge in [0.05, 0.1) is 23.8 Å². The Morgan fingerprint density at radius 2 is 1.37 bits per heavy atom. The highest BCUT2D eigenvalue weighted by molar-refractivity contribution is 7.85. The van der Waals surface area contributed by atoms with Crippen LogP contribution < -0.4 is 15.9 Å². The molecule has 2 aliphatic carbocycles. The first-order chi connectivity index (χ1) is 16.5. The molecule has 2 unspecified atom stereocenters. The van der Waals surface area contributed by atoms with E-state index >= 15 is 0 Å². The fraction of sp³-hybridized carbons (Fsp3) is 0.321. The minimum atomic E-state index is -4.33. The number of rotatable bonds is 5. The van der Waals surface area contributed by atoms with Crippen LogP contribution in [0.1, 0.15) is 33.1 Å². The van der Waals surface area contributed by atoms with Gasteiger partial charge in [0.2, 0.25) is 0 Å². The van der Waals surface area contributed by atoms with Gasteiger partial charge in [0.1, 0.15) is 27.4 Å². The maximum absolute atomic E-state index is 11.8. The third-order valence-corrected chi connectivity index (χ3v) is 11.4. The van der Waals surface area contributed by atoms with Gasteiger partial charge in [-0.15, -0.1) is 0 Å². The molecule has 2 bridgehead atoms. The van der Waals surface area contributed by atoms with E-state index in [0.29, 0.717) is 18.6 Å². The van der Waals surface area contributed by atoms with Crippen LogP contribution in [0, 0.1) is 16.7 Å². The molecular formula is C28H31O5PS. The Morgan fingerprint density at radius 3 is 1.77 bits per heavy atom. The van der Waals surface area contributed by atoms with Crippen LogP contribution >= 0.6 is 7.92 Å². The van der Waals surface area contributed by atoms with E-state index in [-0.39, 0.29) is 17.1 Å². The predicted molar refractivity (Wildman–Crippen MR) is 141 cm³/mol. The standard InChI is InChI=1S/C18H15OP.C10H16O4S/c19-15-11-13-18(14-12-15)20(16-7-3-1-4-8-16)17-9-5-2-6-10-17;1-9(2)7-3-4-10(9,8(11)5-7)6-15(12,13)14/h1-14,19H;7H,3-6H2,1-2H3,(H,12,13,14). The number of carbonyl (C=O) groups is 1. The van der Waals surface area contributed by atoms with Crippen LogP contribution in [-0.2, 0) is 14.9 Å². The van der Waals surface area contributed by atoms with Crippen molar-refractivity contribution in [3.63, 3.8) is 0 Å². The topological polar surface area (TPSA) is 94.5 Å². The summed E-state index contributed by atoms with van der Waals surface area (Å²) < 4.78 is 32.7. The van der Waals surface area contributed by atoms with E-state index in [2.05, 4.69) is 48.5 Å². The molecule has 3 aromatic rings. The average Bonchev–Trinajstić information content (AvgIpc) is 3.16. The maximum atomic E-state index is 11.8. The molecule has 7 heteroatoms. The molecule has 1 N–H and O–H groups in total. The van der Waals surface area contributed by atoms with Gasteiger partial charge in [-0.1, -0.05) is 50.2 Å². The van der Waals surface area contributed by atoms with E-state index < -0.39 is 29.2 Å². The zero-order valence-electron chi connectivity index (χ0n) is 20.0. The van der Waals surface area contributed by atoms with Gasteiger partial charge in [0.15, 0.2) is 0 Å². The van der Waals surface area contributed by atoms with Gasteiger partial charge in [-0.25, -0.2) is 8.42 Å². The highest BCUT2D eigenvalue weighted by Crippen LogP contribution is 2.64. The second-order valence-electron chi connectivity index (χ2n) is 10.0. The van der Waals surface area contributed by atoms with E-state index in [0.717, 1.165) is 6.42 Å². The van der Waals surface area contributed by atoms with E-state index in [4.69, 9.17) is 0 Å². The Kier molecular flexibility index (Phi) is 7.19. The largest absolute Gasteiger partial charge is 0.748 e. The molecule has 0 spiro atoms. The summed E-state index contributed by atoms with van der Waals surface area (Å²) in [6.07, 6.45) is 1.88. The molecule has 0 heterocycles. The average molecular weight is 511 g/mol.